The molecule has 2 rings (SSSR count). The van der Waals surface area contributed by atoms with Crippen molar-refractivity contribution in [3.8, 4) is 0 Å². The van der Waals surface area contributed by atoms with Crippen molar-refractivity contribution in [2.24, 2.45) is 5.73 Å². The highest BCUT2D eigenvalue weighted by atomic mass is 35.5. The van der Waals surface area contributed by atoms with Crippen LogP contribution in [0, 0.1) is 5.82 Å². The predicted octanol–water partition coefficient (Wildman–Crippen LogP) is 3.64. The molecule has 20 heavy (non-hydrogen) atoms. The molecule has 0 saturated carbocycles. The van der Waals surface area contributed by atoms with E-state index < -0.39 is 0 Å². The van der Waals surface area contributed by atoms with E-state index in [1.165, 1.54) is 6.07 Å². The lowest BCUT2D eigenvalue weighted by Gasteiger charge is -2.04. The molecule has 1 heterocycles. The smallest absolute Gasteiger partial charge is 0.243 e. The first-order chi connectivity index (χ1) is 9.61. The molecule has 0 saturated heterocycles. The Hall–Kier alpha value is -1.46. The van der Waals surface area contributed by atoms with Crippen LogP contribution in [-0.4, -0.2) is 10.1 Å². The number of hydrogen-bond acceptors (Lipinski definition) is 4. The Balaban J connectivity index is 2.10. The fraction of sp³-hybridized carbons (Fsp3) is 0.429. The molecule has 0 radical (unpaired) electrons. The molecule has 1 atom stereocenters. The Morgan fingerprint density at radius 2 is 2.25 bits per heavy atom. The molecule has 0 fully saturated rings. The lowest BCUT2D eigenvalue weighted by atomic mass is 10.1. The summed E-state index contributed by atoms with van der Waals surface area (Å²) in [6, 6.07) is 4.28. The van der Waals surface area contributed by atoms with Crippen molar-refractivity contribution in [1.82, 2.24) is 10.1 Å². The molecule has 0 bridgehead atoms. The van der Waals surface area contributed by atoms with Gasteiger partial charge in [0.05, 0.1) is 6.04 Å². The van der Waals surface area contributed by atoms with Gasteiger partial charge in [0.1, 0.15) is 5.82 Å². The van der Waals surface area contributed by atoms with Crippen LogP contribution in [-0.2, 0) is 6.42 Å². The van der Waals surface area contributed by atoms with Gasteiger partial charge >= 0.3 is 0 Å². The van der Waals surface area contributed by atoms with Crippen LogP contribution in [0.4, 0.5) is 4.39 Å². The van der Waals surface area contributed by atoms with Gasteiger partial charge in [-0.05, 0) is 18.6 Å². The van der Waals surface area contributed by atoms with Crippen molar-refractivity contribution in [3.05, 3.63) is 46.3 Å². The van der Waals surface area contributed by atoms with Gasteiger partial charge in [0.15, 0.2) is 5.82 Å². The minimum atomic E-state index is -0.376. The molecule has 1 aromatic heterocycles. The molecule has 0 aliphatic carbocycles. The van der Waals surface area contributed by atoms with Crippen LogP contribution in [0.3, 0.4) is 0 Å². The molecule has 2 N–H and O–H groups in total. The Labute approximate surface area is 122 Å². The maximum absolute atomic E-state index is 13.7. The van der Waals surface area contributed by atoms with E-state index in [0.717, 1.165) is 19.3 Å². The second-order valence-electron chi connectivity index (χ2n) is 4.67. The number of nitrogens with zero attached hydrogens (tertiary/aromatic N) is 2. The number of nitrogens with two attached hydrogens (primary N) is 1. The third-order valence-corrected chi connectivity index (χ3v) is 3.42. The topological polar surface area (TPSA) is 64.9 Å². The van der Waals surface area contributed by atoms with Crippen molar-refractivity contribution >= 4 is 11.6 Å². The lowest BCUT2D eigenvalue weighted by Crippen LogP contribution is -2.10. The van der Waals surface area contributed by atoms with Crippen LogP contribution in [0.5, 0.6) is 0 Å². The van der Waals surface area contributed by atoms with Crippen LogP contribution in [0.15, 0.2) is 22.7 Å². The zero-order valence-corrected chi connectivity index (χ0v) is 12.0. The summed E-state index contributed by atoms with van der Waals surface area (Å²) >= 11 is 5.97. The monoisotopic (exact) mass is 297 g/mol. The van der Waals surface area contributed by atoms with Gasteiger partial charge < -0.3 is 10.3 Å². The number of benzene rings is 1. The first kappa shape index (κ1) is 14.9. The molecule has 108 valence electrons. The van der Waals surface area contributed by atoms with Crippen LogP contribution >= 0.6 is 11.6 Å². The third kappa shape index (κ3) is 3.55. The highest BCUT2D eigenvalue weighted by Crippen LogP contribution is 2.22. The second-order valence-corrected chi connectivity index (χ2v) is 5.08. The summed E-state index contributed by atoms with van der Waals surface area (Å²) in [6.07, 6.45) is 3.03. The van der Waals surface area contributed by atoms with Crippen LogP contribution in [0.1, 0.15) is 49.5 Å². The number of rotatable bonds is 6. The second kappa shape index (κ2) is 6.81. The number of halogens is 2. The highest BCUT2D eigenvalue weighted by molar-refractivity contribution is 6.31. The molecule has 0 spiro atoms. The summed E-state index contributed by atoms with van der Waals surface area (Å²) in [6.45, 7) is 2.09. The van der Waals surface area contributed by atoms with Crippen molar-refractivity contribution in [2.45, 2.75) is 38.6 Å². The first-order valence-electron chi connectivity index (χ1n) is 6.62. The van der Waals surface area contributed by atoms with E-state index in [1.807, 2.05) is 0 Å². The van der Waals surface area contributed by atoms with Gasteiger partial charge in [0.2, 0.25) is 5.89 Å². The van der Waals surface area contributed by atoms with Crippen molar-refractivity contribution in [1.29, 1.82) is 0 Å². The van der Waals surface area contributed by atoms with Gasteiger partial charge in [0, 0.05) is 17.0 Å². The van der Waals surface area contributed by atoms with E-state index in [-0.39, 0.29) is 18.3 Å². The van der Waals surface area contributed by atoms with Gasteiger partial charge in [-0.15, -0.1) is 0 Å². The Morgan fingerprint density at radius 3 is 2.95 bits per heavy atom. The molecule has 0 amide bonds. The van der Waals surface area contributed by atoms with E-state index in [4.69, 9.17) is 21.9 Å². The molecule has 4 nitrogen and oxygen atoms in total. The van der Waals surface area contributed by atoms with Crippen LogP contribution < -0.4 is 5.73 Å². The molecule has 0 aliphatic heterocycles. The average Bonchev–Trinajstić information content (AvgIpc) is 2.89. The zero-order valence-electron chi connectivity index (χ0n) is 11.3. The SMILES string of the molecule is CCCC[C@H](N)c1nc(Cc2c(F)cccc2Cl)no1. The summed E-state index contributed by atoms with van der Waals surface area (Å²) in [5.74, 6) is 0.402. The highest BCUT2D eigenvalue weighted by Gasteiger charge is 2.16. The van der Waals surface area contributed by atoms with E-state index >= 15 is 0 Å². The van der Waals surface area contributed by atoms with E-state index in [0.29, 0.717) is 22.3 Å². The number of hydrogen-bond donors (Lipinski definition) is 1. The molecular formula is C14H17ClFN3O. The molecule has 1 aromatic carbocycles. The molecular weight excluding hydrogens is 281 g/mol. The van der Waals surface area contributed by atoms with Crippen molar-refractivity contribution in [2.75, 3.05) is 0 Å². The minimum absolute atomic E-state index is 0.190. The summed E-state index contributed by atoms with van der Waals surface area (Å²) in [4.78, 5) is 4.21. The van der Waals surface area contributed by atoms with Crippen molar-refractivity contribution < 1.29 is 8.91 Å². The predicted molar refractivity (Wildman–Crippen MR) is 75.0 cm³/mol. The number of aromatic nitrogens is 2. The fourth-order valence-electron chi connectivity index (χ4n) is 1.90. The van der Waals surface area contributed by atoms with Gasteiger partial charge in [-0.2, -0.15) is 4.98 Å². The largest absolute Gasteiger partial charge is 0.338 e. The Kier molecular flexibility index (Phi) is 5.09. The van der Waals surface area contributed by atoms with Gasteiger partial charge in [-0.3, -0.25) is 0 Å². The van der Waals surface area contributed by atoms with Gasteiger partial charge in [0.25, 0.3) is 0 Å². The van der Waals surface area contributed by atoms with Crippen LogP contribution in [0.2, 0.25) is 5.02 Å². The summed E-state index contributed by atoms with van der Waals surface area (Å²) in [5.41, 5.74) is 6.32. The quantitative estimate of drug-likeness (QED) is 0.884. The average molecular weight is 298 g/mol. The molecule has 6 heteroatoms. The normalized spacial score (nSPS) is 12.6. The summed E-state index contributed by atoms with van der Waals surface area (Å²) in [5, 5.41) is 4.18. The minimum Gasteiger partial charge on any atom is -0.338 e. The summed E-state index contributed by atoms with van der Waals surface area (Å²) in [7, 11) is 0. The molecule has 2 aromatic rings. The number of unbranched alkanes of at least 4 members (excludes halogenated alkanes) is 1. The van der Waals surface area contributed by atoms with E-state index in [2.05, 4.69) is 17.1 Å². The maximum atomic E-state index is 13.7. The van der Waals surface area contributed by atoms with Crippen LogP contribution in [0.25, 0.3) is 0 Å². The zero-order chi connectivity index (χ0) is 14.5. The van der Waals surface area contributed by atoms with E-state index in [9.17, 15) is 4.39 Å². The Morgan fingerprint density at radius 1 is 1.45 bits per heavy atom. The Bertz CT molecular complexity index is 553. The maximum Gasteiger partial charge on any atom is 0.243 e. The third-order valence-electron chi connectivity index (χ3n) is 3.07. The molecule has 0 aliphatic rings. The molecule has 0 unspecified atom stereocenters. The fourth-order valence-corrected chi connectivity index (χ4v) is 2.13. The summed E-state index contributed by atoms with van der Waals surface area (Å²) < 4.78 is 18.8. The van der Waals surface area contributed by atoms with Gasteiger partial charge in [-0.25, -0.2) is 4.39 Å². The van der Waals surface area contributed by atoms with Gasteiger partial charge in [-0.1, -0.05) is 42.6 Å². The first-order valence-corrected chi connectivity index (χ1v) is 7.00. The lowest BCUT2D eigenvalue weighted by molar-refractivity contribution is 0.343. The van der Waals surface area contributed by atoms with E-state index in [1.54, 1.807) is 12.1 Å². The van der Waals surface area contributed by atoms with Crippen molar-refractivity contribution in [3.63, 3.8) is 0 Å². The standard InChI is InChI=1S/C14H17ClFN3O/c1-2-3-7-12(17)14-18-13(19-20-14)8-9-10(15)5-4-6-11(9)16/h4-6,12H,2-3,7-8,17H2,1H3/t12-/m0/s1.